The molecule has 2 aliphatic heterocycles. The molecule has 2 unspecified atom stereocenters. The van der Waals surface area contributed by atoms with E-state index in [4.69, 9.17) is 0 Å². The Balaban J connectivity index is 1.68. The molecular formula is C14H18BrFN2. The third kappa shape index (κ3) is 2.76. The SMILES string of the molecule is Fc1cc(Br)ccc1CN1CCC2CCC(C1)N2. The van der Waals surface area contributed by atoms with Gasteiger partial charge in [0.05, 0.1) is 0 Å². The standard InChI is InChI=1S/C14H18BrFN2/c15-11-2-1-10(14(16)7-11)8-18-6-5-12-3-4-13(9-18)17-12/h1-2,7,12-13,17H,3-6,8-9H2. The predicted octanol–water partition coefficient (Wildman–Crippen LogP) is 2.91. The van der Waals surface area contributed by atoms with Crippen LogP contribution in [0.3, 0.4) is 0 Å². The van der Waals surface area contributed by atoms with Crippen molar-refractivity contribution in [1.82, 2.24) is 10.2 Å². The van der Waals surface area contributed by atoms with Gasteiger partial charge in [-0.05, 0) is 31.4 Å². The van der Waals surface area contributed by atoms with E-state index in [1.165, 1.54) is 19.3 Å². The summed E-state index contributed by atoms with van der Waals surface area (Å²) >= 11 is 3.30. The van der Waals surface area contributed by atoms with Crippen LogP contribution in [0.5, 0.6) is 0 Å². The van der Waals surface area contributed by atoms with Gasteiger partial charge >= 0.3 is 0 Å². The normalized spacial score (nSPS) is 28.3. The van der Waals surface area contributed by atoms with E-state index in [-0.39, 0.29) is 5.82 Å². The Labute approximate surface area is 116 Å². The van der Waals surface area contributed by atoms with E-state index in [0.717, 1.165) is 29.7 Å². The van der Waals surface area contributed by atoms with Crippen LogP contribution in [-0.4, -0.2) is 30.1 Å². The van der Waals surface area contributed by atoms with Gasteiger partial charge in [-0.3, -0.25) is 4.90 Å². The largest absolute Gasteiger partial charge is 0.310 e. The summed E-state index contributed by atoms with van der Waals surface area (Å²) in [6, 6.07) is 6.65. The fraction of sp³-hybridized carbons (Fsp3) is 0.571. The lowest BCUT2D eigenvalue weighted by Crippen LogP contribution is -2.35. The fourth-order valence-corrected chi connectivity index (χ4v) is 3.38. The van der Waals surface area contributed by atoms with Crippen LogP contribution >= 0.6 is 15.9 Å². The van der Waals surface area contributed by atoms with E-state index in [1.807, 2.05) is 12.1 Å². The molecule has 0 aromatic heterocycles. The van der Waals surface area contributed by atoms with Crippen LogP contribution < -0.4 is 5.32 Å². The van der Waals surface area contributed by atoms with Crippen LogP contribution in [0, 0.1) is 5.82 Å². The van der Waals surface area contributed by atoms with Gasteiger partial charge in [-0.1, -0.05) is 22.0 Å². The highest BCUT2D eigenvalue weighted by Gasteiger charge is 2.29. The number of hydrogen-bond acceptors (Lipinski definition) is 2. The van der Waals surface area contributed by atoms with Crippen molar-refractivity contribution in [1.29, 1.82) is 0 Å². The topological polar surface area (TPSA) is 15.3 Å². The number of benzene rings is 1. The number of rotatable bonds is 2. The third-order valence-corrected chi connectivity index (χ3v) is 4.51. The van der Waals surface area contributed by atoms with Crippen LogP contribution in [0.15, 0.2) is 22.7 Å². The maximum atomic E-state index is 13.8. The molecule has 2 aliphatic rings. The highest BCUT2D eigenvalue weighted by molar-refractivity contribution is 9.10. The molecule has 0 aliphatic carbocycles. The lowest BCUT2D eigenvalue weighted by Gasteiger charge is -2.24. The van der Waals surface area contributed by atoms with E-state index in [2.05, 4.69) is 26.1 Å². The molecule has 0 amide bonds. The number of fused-ring (bicyclic) bond motifs is 2. The monoisotopic (exact) mass is 312 g/mol. The molecule has 2 nitrogen and oxygen atoms in total. The minimum absolute atomic E-state index is 0.105. The Morgan fingerprint density at radius 1 is 1.28 bits per heavy atom. The second kappa shape index (κ2) is 5.27. The summed E-state index contributed by atoms with van der Waals surface area (Å²) in [6.45, 7) is 2.85. The zero-order valence-electron chi connectivity index (χ0n) is 10.3. The molecule has 1 aromatic rings. The first-order chi connectivity index (χ1) is 8.70. The zero-order valence-corrected chi connectivity index (χ0v) is 11.9. The zero-order chi connectivity index (χ0) is 12.5. The van der Waals surface area contributed by atoms with Crippen molar-refractivity contribution < 1.29 is 4.39 Å². The van der Waals surface area contributed by atoms with Crippen LogP contribution in [0.2, 0.25) is 0 Å². The van der Waals surface area contributed by atoms with Crippen molar-refractivity contribution in [3.63, 3.8) is 0 Å². The van der Waals surface area contributed by atoms with Gasteiger partial charge in [-0.2, -0.15) is 0 Å². The summed E-state index contributed by atoms with van der Waals surface area (Å²) < 4.78 is 14.6. The molecule has 2 bridgehead atoms. The molecular weight excluding hydrogens is 295 g/mol. The first-order valence-electron chi connectivity index (χ1n) is 6.63. The summed E-state index contributed by atoms with van der Waals surface area (Å²) in [4.78, 5) is 2.38. The van der Waals surface area contributed by atoms with Gasteiger partial charge in [-0.25, -0.2) is 4.39 Å². The fourth-order valence-electron chi connectivity index (χ4n) is 3.05. The molecule has 0 radical (unpaired) electrons. The number of halogens is 2. The highest BCUT2D eigenvalue weighted by atomic mass is 79.9. The maximum absolute atomic E-state index is 13.8. The number of nitrogens with one attached hydrogen (secondary N) is 1. The molecule has 98 valence electrons. The smallest absolute Gasteiger partial charge is 0.128 e. The van der Waals surface area contributed by atoms with Crippen molar-refractivity contribution in [2.75, 3.05) is 13.1 Å². The van der Waals surface area contributed by atoms with Crippen molar-refractivity contribution in [3.8, 4) is 0 Å². The second-order valence-corrected chi connectivity index (χ2v) is 6.31. The number of hydrogen-bond donors (Lipinski definition) is 1. The maximum Gasteiger partial charge on any atom is 0.128 e. The first-order valence-corrected chi connectivity index (χ1v) is 7.42. The lowest BCUT2D eigenvalue weighted by atomic mass is 10.1. The molecule has 1 N–H and O–H groups in total. The average Bonchev–Trinajstić information content (AvgIpc) is 2.66. The molecule has 2 heterocycles. The molecule has 2 fully saturated rings. The van der Waals surface area contributed by atoms with Gasteiger partial charge in [0.1, 0.15) is 5.82 Å². The van der Waals surface area contributed by atoms with E-state index in [9.17, 15) is 4.39 Å². The van der Waals surface area contributed by atoms with Crippen molar-refractivity contribution in [2.24, 2.45) is 0 Å². The molecule has 0 saturated carbocycles. The summed E-state index contributed by atoms with van der Waals surface area (Å²) in [6.07, 6.45) is 3.77. The predicted molar refractivity (Wildman–Crippen MR) is 73.9 cm³/mol. The number of nitrogens with zero attached hydrogens (tertiary/aromatic N) is 1. The highest BCUT2D eigenvalue weighted by Crippen LogP contribution is 2.23. The van der Waals surface area contributed by atoms with Crippen LogP contribution in [0.4, 0.5) is 4.39 Å². The third-order valence-electron chi connectivity index (χ3n) is 4.02. The van der Waals surface area contributed by atoms with Crippen LogP contribution in [-0.2, 0) is 6.54 Å². The Hall–Kier alpha value is -0.450. The minimum atomic E-state index is -0.105. The van der Waals surface area contributed by atoms with Gasteiger partial charge in [0.15, 0.2) is 0 Å². The first kappa shape index (κ1) is 12.6. The summed E-state index contributed by atoms with van der Waals surface area (Å²) in [5.74, 6) is -0.105. The Morgan fingerprint density at radius 3 is 2.94 bits per heavy atom. The van der Waals surface area contributed by atoms with E-state index in [1.54, 1.807) is 6.07 Å². The summed E-state index contributed by atoms with van der Waals surface area (Å²) in [5, 5.41) is 3.65. The van der Waals surface area contributed by atoms with Crippen molar-refractivity contribution >= 4 is 15.9 Å². The van der Waals surface area contributed by atoms with Gasteiger partial charge in [0.2, 0.25) is 0 Å². The molecule has 4 heteroatoms. The van der Waals surface area contributed by atoms with Gasteiger partial charge in [-0.15, -0.1) is 0 Å². The van der Waals surface area contributed by atoms with Crippen molar-refractivity contribution in [3.05, 3.63) is 34.1 Å². The molecule has 18 heavy (non-hydrogen) atoms. The lowest BCUT2D eigenvalue weighted by molar-refractivity contribution is 0.247. The molecule has 2 saturated heterocycles. The van der Waals surface area contributed by atoms with E-state index >= 15 is 0 Å². The average molecular weight is 313 g/mol. The Morgan fingerprint density at radius 2 is 2.11 bits per heavy atom. The van der Waals surface area contributed by atoms with Crippen LogP contribution in [0.25, 0.3) is 0 Å². The molecule has 2 atom stereocenters. The van der Waals surface area contributed by atoms with Gasteiger partial charge < -0.3 is 5.32 Å². The quantitative estimate of drug-likeness (QED) is 0.903. The van der Waals surface area contributed by atoms with Gasteiger partial charge in [0, 0.05) is 41.8 Å². The number of likely N-dealkylation sites (tertiary alicyclic amines) is 1. The Bertz CT molecular complexity index is 438. The van der Waals surface area contributed by atoms with Gasteiger partial charge in [0.25, 0.3) is 0 Å². The molecule has 3 rings (SSSR count). The van der Waals surface area contributed by atoms with Crippen molar-refractivity contribution in [2.45, 2.75) is 37.9 Å². The molecule has 0 spiro atoms. The summed E-state index contributed by atoms with van der Waals surface area (Å²) in [7, 11) is 0. The van der Waals surface area contributed by atoms with E-state index < -0.39 is 0 Å². The second-order valence-electron chi connectivity index (χ2n) is 5.40. The minimum Gasteiger partial charge on any atom is -0.310 e. The molecule has 1 aromatic carbocycles. The summed E-state index contributed by atoms with van der Waals surface area (Å²) in [5.41, 5.74) is 0.802. The van der Waals surface area contributed by atoms with Crippen LogP contribution in [0.1, 0.15) is 24.8 Å². The Kier molecular flexibility index (Phi) is 3.68. The van der Waals surface area contributed by atoms with E-state index in [0.29, 0.717) is 12.1 Å².